The van der Waals surface area contributed by atoms with Gasteiger partial charge in [0, 0.05) is 6.42 Å². The first kappa shape index (κ1) is 21.2. The Bertz CT molecular complexity index is 673. The summed E-state index contributed by atoms with van der Waals surface area (Å²) in [6.45, 7) is 4.53. The van der Waals surface area contributed by atoms with E-state index in [0.29, 0.717) is 24.2 Å². The molecule has 0 heterocycles. The number of phosphoric acid groups is 1. The molecule has 0 bridgehead atoms. The van der Waals surface area contributed by atoms with Gasteiger partial charge in [0.15, 0.2) is 5.78 Å². The van der Waals surface area contributed by atoms with Gasteiger partial charge >= 0.3 is 37.4 Å². The van der Waals surface area contributed by atoms with Crippen LogP contribution >= 0.6 is 7.82 Å². The van der Waals surface area contributed by atoms with E-state index in [0.717, 1.165) is 44.9 Å². The van der Waals surface area contributed by atoms with Gasteiger partial charge in [0.1, 0.15) is 0 Å². The van der Waals surface area contributed by atoms with E-state index in [1.165, 1.54) is 5.57 Å². The topological polar surface area (TPSA) is 83.8 Å². The zero-order valence-corrected chi connectivity index (χ0v) is 16.0. The fourth-order valence-electron chi connectivity index (χ4n) is 6.85. The Hall–Kier alpha value is 0.520. The van der Waals surface area contributed by atoms with Crippen molar-refractivity contribution in [2.24, 2.45) is 28.6 Å². The van der Waals surface area contributed by atoms with E-state index in [1.54, 1.807) is 0 Å². The molecular weight excluding hydrogens is 362 g/mol. The maximum absolute atomic E-state index is 11.9. The van der Waals surface area contributed by atoms with Crippen LogP contribution in [0.2, 0.25) is 0 Å². The molecule has 2 N–H and O–H groups in total. The molecular formula is C19H30NaO5P. The molecule has 0 aromatic rings. The van der Waals surface area contributed by atoms with Crippen LogP contribution in [0, 0.1) is 28.6 Å². The minimum atomic E-state index is -4.45. The van der Waals surface area contributed by atoms with Gasteiger partial charge in [-0.2, -0.15) is 0 Å². The third-order valence-electron chi connectivity index (χ3n) is 8.14. The summed E-state index contributed by atoms with van der Waals surface area (Å²) in [4.78, 5) is 30.4. The number of rotatable bonds is 2. The van der Waals surface area contributed by atoms with Crippen LogP contribution in [0.3, 0.4) is 0 Å². The van der Waals surface area contributed by atoms with E-state index in [-0.39, 0.29) is 52.3 Å². The summed E-state index contributed by atoms with van der Waals surface area (Å²) >= 11 is 0. The Labute approximate surface area is 177 Å². The van der Waals surface area contributed by atoms with Crippen LogP contribution in [0.1, 0.15) is 65.2 Å². The summed E-state index contributed by atoms with van der Waals surface area (Å²) in [6.07, 6.45) is 9.08. The normalized spacial score (nSPS) is 45.1. The van der Waals surface area contributed by atoms with E-state index >= 15 is 0 Å². The SMILES string of the molecule is C[C@]12CC[C@H]3[C@@H](CCC4=CC(=O)CC[C@@]43C)[C@@H]1CC[C@@H]2OP(=O)(O)O.[NaH]. The van der Waals surface area contributed by atoms with Crippen LogP contribution in [-0.2, 0) is 13.9 Å². The van der Waals surface area contributed by atoms with Gasteiger partial charge in [-0.25, -0.2) is 4.57 Å². The molecule has 0 amide bonds. The molecule has 0 saturated heterocycles. The molecule has 0 aliphatic heterocycles. The van der Waals surface area contributed by atoms with Crippen molar-refractivity contribution in [1.82, 2.24) is 0 Å². The Kier molecular flexibility index (Phi) is 5.79. The number of hydrogen-bond acceptors (Lipinski definition) is 3. The van der Waals surface area contributed by atoms with Crippen LogP contribution in [0.25, 0.3) is 0 Å². The Morgan fingerprint density at radius 1 is 1.08 bits per heavy atom. The molecule has 0 aromatic carbocycles. The molecule has 6 atom stereocenters. The fourth-order valence-corrected chi connectivity index (χ4v) is 7.53. The molecule has 4 aliphatic carbocycles. The van der Waals surface area contributed by atoms with Gasteiger partial charge in [-0.1, -0.05) is 19.4 Å². The number of carbonyl (C=O) groups is 1. The zero-order valence-electron chi connectivity index (χ0n) is 15.1. The van der Waals surface area contributed by atoms with Crippen molar-refractivity contribution < 1.29 is 23.7 Å². The monoisotopic (exact) mass is 392 g/mol. The first-order valence-electron chi connectivity index (χ1n) is 9.61. The van der Waals surface area contributed by atoms with Crippen LogP contribution < -0.4 is 0 Å². The van der Waals surface area contributed by atoms with Crippen LogP contribution in [0.4, 0.5) is 0 Å². The van der Waals surface area contributed by atoms with E-state index in [2.05, 4.69) is 13.8 Å². The standard InChI is InChI=1S/C19H29O5P.Na.H/c1-18-9-7-13(20)11-12(18)3-4-14-15-5-6-17(24-25(21,22)23)19(15,2)10-8-16(14)18;;/h11,14-17H,3-10H2,1-2H3,(H2,21,22,23);;/t14-,15-,16-,17-,18-,19-;;/m0../s1. The number of allylic oxidation sites excluding steroid dienone is 1. The second-order valence-corrected chi connectivity index (χ2v) is 10.4. The van der Waals surface area contributed by atoms with Crippen LogP contribution in [0.15, 0.2) is 11.6 Å². The molecule has 0 radical (unpaired) electrons. The number of phosphoric ester groups is 1. The van der Waals surface area contributed by atoms with E-state index in [1.807, 2.05) is 6.08 Å². The van der Waals surface area contributed by atoms with Crippen molar-refractivity contribution in [1.29, 1.82) is 0 Å². The first-order valence-corrected chi connectivity index (χ1v) is 11.1. The van der Waals surface area contributed by atoms with E-state index in [4.69, 9.17) is 4.52 Å². The second-order valence-electron chi connectivity index (χ2n) is 9.18. The van der Waals surface area contributed by atoms with Gasteiger partial charge < -0.3 is 9.79 Å². The molecule has 0 spiro atoms. The number of fused-ring (bicyclic) bond motifs is 5. The summed E-state index contributed by atoms with van der Waals surface area (Å²) in [6, 6.07) is 0. The molecule has 3 saturated carbocycles. The molecule has 26 heavy (non-hydrogen) atoms. The van der Waals surface area contributed by atoms with Crippen molar-refractivity contribution in [3.8, 4) is 0 Å². The predicted octanol–water partition coefficient (Wildman–Crippen LogP) is 3.35. The first-order chi connectivity index (χ1) is 11.6. The summed E-state index contributed by atoms with van der Waals surface area (Å²) in [7, 11) is -4.45. The third kappa shape index (κ3) is 3.36. The van der Waals surface area contributed by atoms with Gasteiger partial charge in [-0.15, -0.1) is 0 Å². The molecule has 4 rings (SSSR count). The molecule has 5 nitrogen and oxygen atoms in total. The molecule has 7 heteroatoms. The molecule has 142 valence electrons. The zero-order chi connectivity index (χ0) is 18.0. The summed E-state index contributed by atoms with van der Waals surface area (Å²) < 4.78 is 16.6. The summed E-state index contributed by atoms with van der Waals surface area (Å²) in [5.74, 6) is 1.92. The molecule has 3 fully saturated rings. The Balaban J connectivity index is 0.00000196. The quantitative estimate of drug-likeness (QED) is 0.556. The van der Waals surface area contributed by atoms with Crippen molar-refractivity contribution >= 4 is 43.2 Å². The predicted molar refractivity (Wildman–Crippen MR) is 101 cm³/mol. The maximum atomic E-state index is 11.9. The average Bonchev–Trinajstić information content (AvgIpc) is 2.83. The van der Waals surface area contributed by atoms with Crippen molar-refractivity contribution in [2.75, 3.05) is 0 Å². The third-order valence-corrected chi connectivity index (χ3v) is 8.67. The van der Waals surface area contributed by atoms with Gasteiger partial charge in [0.05, 0.1) is 6.10 Å². The van der Waals surface area contributed by atoms with Gasteiger partial charge in [-0.05, 0) is 79.6 Å². The molecule has 0 aromatic heterocycles. The number of ketones is 1. The van der Waals surface area contributed by atoms with Crippen molar-refractivity contribution in [3.63, 3.8) is 0 Å². The fraction of sp³-hybridized carbons (Fsp3) is 0.842. The van der Waals surface area contributed by atoms with Crippen LogP contribution in [-0.4, -0.2) is 51.2 Å². The van der Waals surface area contributed by atoms with Gasteiger partial charge in [-0.3, -0.25) is 9.32 Å². The van der Waals surface area contributed by atoms with Gasteiger partial charge in [0.2, 0.25) is 0 Å². The Morgan fingerprint density at radius 2 is 1.81 bits per heavy atom. The number of hydrogen-bond donors (Lipinski definition) is 2. The second kappa shape index (κ2) is 7.09. The number of carbonyl (C=O) groups excluding carboxylic acids is 1. The van der Waals surface area contributed by atoms with Gasteiger partial charge in [0.25, 0.3) is 0 Å². The summed E-state index contributed by atoms with van der Waals surface area (Å²) in [5, 5.41) is 0. The minimum absolute atomic E-state index is 0. The Morgan fingerprint density at radius 3 is 2.50 bits per heavy atom. The molecule has 4 aliphatic rings. The van der Waals surface area contributed by atoms with E-state index in [9.17, 15) is 19.1 Å². The van der Waals surface area contributed by atoms with Crippen molar-refractivity contribution in [2.45, 2.75) is 71.3 Å². The molecule has 0 unspecified atom stereocenters. The van der Waals surface area contributed by atoms with Crippen LogP contribution in [0.5, 0.6) is 0 Å². The summed E-state index contributed by atoms with van der Waals surface area (Å²) in [5.41, 5.74) is 1.36. The van der Waals surface area contributed by atoms with E-state index < -0.39 is 7.82 Å². The van der Waals surface area contributed by atoms with Crippen molar-refractivity contribution in [3.05, 3.63) is 11.6 Å². The average molecular weight is 392 g/mol.